The minimum atomic E-state index is -0.185. The number of fused-ring (bicyclic) bond motifs is 1. The summed E-state index contributed by atoms with van der Waals surface area (Å²) < 4.78 is 12.3. The smallest absolute Gasteiger partial charge is 0.232 e. The lowest BCUT2D eigenvalue weighted by Crippen LogP contribution is -2.14. The van der Waals surface area contributed by atoms with Gasteiger partial charge in [0.1, 0.15) is 11.5 Å². The minimum absolute atomic E-state index is 0.0143. The molecule has 4 aromatic rings. The van der Waals surface area contributed by atoms with Gasteiger partial charge in [-0.25, -0.2) is 9.97 Å². The lowest BCUT2D eigenvalue weighted by atomic mass is 10.1. The fraction of sp³-hybridized carbons (Fsp3) is 0.217. The highest BCUT2D eigenvalue weighted by atomic mass is 32.2. The van der Waals surface area contributed by atoms with Crippen molar-refractivity contribution < 1.29 is 19.1 Å². The number of ether oxygens (including phenoxy) is 2. The fourth-order valence-corrected chi connectivity index (χ4v) is 5.62. The van der Waals surface area contributed by atoms with Gasteiger partial charge in [-0.15, -0.1) is 11.3 Å². The zero-order chi connectivity index (χ0) is 23.2. The Hall–Kier alpha value is -2.95. The van der Waals surface area contributed by atoms with E-state index in [4.69, 9.17) is 9.47 Å². The van der Waals surface area contributed by atoms with Gasteiger partial charge in [-0.2, -0.15) is 0 Å². The molecule has 0 saturated heterocycles. The molecule has 2 aromatic carbocycles. The average molecular weight is 500 g/mol. The van der Waals surface area contributed by atoms with E-state index in [0.29, 0.717) is 28.7 Å². The number of benzene rings is 2. The number of carbonyl (C=O) groups is 2. The van der Waals surface area contributed by atoms with E-state index in [1.807, 2.05) is 30.5 Å². The molecule has 0 bridgehead atoms. The van der Waals surface area contributed by atoms with E-state index in [0.717, 1.165) is 20.3 Å². The van der Waals surface area contributed by atoms with E-state index >= 15 is 0 Å². The first kappa shape index (κ1) is 23.2. The fourth-order valence-electron chi connectivity index (χ4n) is 2.97. The summed E-state index contributed by atoms with van der Waals surface area (Å²) in [4.78, 5) is 33.8. The van der Waals surface area contributed by atoms with Gasteiger partial charge in [-0.3, -0.25) is 9.59 Å². The van der Waals surface area contributed by atoms with Crippen molar-refractivity contribution in [2.75, 3.05) is 24.8 Å². The van der Waals surface area contributed by atoms with Gasteiger partial charge in [0.15, 0.2) is 15.3 Å². The SMILES string of the molecule is CCOc1ccc2nc(NC(=O)Cc3csc(SCC(=O)c4ccc(OC)cc4)n3)sc2c1. The molecule has 1 N–H and O–H groups in total. The molecule has 0 radical (unpaired) electrons. The molecule has 0 fully saturated rings. The second kappa shape index (κ2) is 10.8. The molecular formula is C23H21N3O4S3. The van der Waals surface area contributed by atoms with Crippen LogP contribution in [0.25, 0.3) is 10.2 Å². The lowest BCUT2D eigenvalue weighted by Gasteiger charge is -2.02. The van der Waals surface area contributed by atoms with Gasteiger partial charge in [0.2, 0.25) is 5.91 Å². The summed E-state index contributed by atoms with van der Waals surface area (Å²) in [5.74, 6) is 1.60. The maximum atomic E-state index is 12.5. The number of nitrogens with zero attached hydrogens (tertiary/aromatic N) is 2. The summed E-state index contributed by atoms with van der Waals surface area (Å²) >= 11 is 4.19. The zero-order valence-corrected chi connectivity index (χ0v) is 20.4. The number of thioether (sulfide) groups is 1. The highest BCUT2D eigenvalue weighted by molar-refractivity contribution is 8.01. The van der Waals surface area contributed by atoms with Gasteiger partial charge >= 0.3 is 0 Å². The van der Waals surface area contributed by atoms with Crippen molar-refractivity contribution in [1.29, 1.82) is 0 Å². The number of amides is 1. The van der Waals surface area contributed by atoms with Crippen LogP contribution in [0.4, 0.5) is 5.13 Å². The van der Waals surface area contributed by atoms with Crippen LogP contribution in [0.5, 0.6) is 11.5 Å². The quantitative estimate of drug-likeness (QED) is 0.233. The summed E-state index contributed by atoms with van der Waals surface area (Å²) in [6.07, 6.45) is 0.142. The third kappa shape index (κ3) is 6.10. The summed E-state index contributed by atoms with van der Waals surface area (Å²) in [5.41, 5.74) is 2.10. The number of hydrogen-bond donors (Lipinski definition) is 1. The van der Waals surface area contributed by atoms with E-state index in [9.17, 15) is 9.59 Å². The number of thiazole rings is 2. The van der Waals surface area contributed by atoms with Crippen molar-refractivity contribution in [2.45, 2.75) is 17.7 Å². The standard InChI is InChI=1S/C23H21N3O4S3/c1-3-30-17-8-9-18-20(11-17)33-22(25-18)26-21(28)10-15-12-31-23(24-15)32-13-19(27)14-4-6-16(29-2)7-5-14/h4-9,11-12H,3,10,13H2,1-2H3,(H,25,26,28). The molecule has 0 aliphatic carbocycles. The number of ketones is 1. The lowest BCUT2D eigenvalue weighted by molar-refractivity contribution is -0.115. The highest BCUT2D eigenvalue weighted by Gasteiger charge is 2.13. The third-order valence-corrected chi connectivity index (χ3v) is 7.53. The molecule has 0 atom stereocenters. The van der Waals surface area contributed by atoms with E-state index in [2.05, 4.69) is 15.3 Å². The Morgan fingerprint density at radius 1 is 1.09 bits per heavy atom. The predicted octanol–water partition coefficient (Wildman–Crippen LogP) is 5.32. The van der Waals surface area contributed by atoms with Gasteiger partial charge in [0.25, 0.3) is 0 Å². The molecule has 2 aromatic heterocycles. The highest BCUT2D eigenvalue weighted by Crippen LogP contribution is 2.29. The van der Waals surface area contributed by atoms with Crippen LogP contribution < -0.4 is 14.8 Å². The number of carbonyl (C=O) groups excluding carboxylic acids is 2. The van der Waals surface area contributed by atoms with Crippen LogP contribution >= 0.6 is 34.4 Å². The Balaban J connectivity index is 1.30. The third-order valence-electron chi connectivity index (χ3n) is 4.53. The first-order valence-corrected chi connectivity index (χ1v) is 12.8. The molecule has 4 rings (SSSR count). The van der Waals surface area contributed by atoms with Gasteiger partial charge in [0, 0.05) is 10.9 Å². The largest absolute Gasteiger partial charge is 0.497 e. The van der Waals surface area contributed by atoms with Gasteiger partial charge in [-0.05, 0) is 49.4 Å². The minimum Gasteiger partial charge on any atom is -0.497 e. The van der Waals surface area contributed by atoms with Crippen LogP contribution in [-0.4, -0.2) is 41.1 Å². The van der Waals surface area contributed by atoms with Crippen molar-refractivity contribution in [3.05, 3.63) is 59.1 Å². The normalized spacial score (nSPS) is 10.8. The van der Waals surface area contributed by atoms with Crippen LogP contribution in [-0.2, 0) is 11.2 Å². The second-order valence-corrected chi connectivity index (χ2v) is 9.96. The first-order chi connectivity index (χ1) is 16.0. The Bertz CT molecular complexity index is 1270. The van der Waals surface area contributed by atoms with Crippen molar-refractivity contribution in [3.8, 4) is 11.5 Å². The number of hydrogen-bond acceptors (Lipinski definition) is 9. The monoisotopic (exact) mass is 499 g/mol. The predicted molar refractivity (Wildman–Crippen MR) is 133 cm³/mol. The van der Waals surface area contributed by atoms with Crippen molar-refractivity contribution >= 4 is 61.5 Å². The first-order valence-electron chi connectivity index (χ1n) is 10.1. The number of rotatable bonds is 10. The Morgan fingerprint density at radius 2 is 1.88 bits per heavy atom. The topological polar surface area (TPSA) is 90.4 Å². The number of aromatic nitrogens is 2. The number of nitrogens with one attached hydrogen (secondary N) is 1. The van der Waals surface area contributed by atoms with Crippen molar-refractivity contribution in [1.82, 2.24) is 9.97 Å². The Kier molecular flexibility index (Phi) is 7.58. The number of anilines is 1. The molecular weight excluding hydrogens is 478 g/mol. The van der Waals surface area contributed by atoms with Crippen LogP contribution in [0.3, 0.4) is 0 Å². The van der Waals surface area contributed by atoms with E-state index in [1.54, 1.807) is 31.4 Å². The van der Waals surface area contributed by atoms with Crippen LogP contribution in [0.1, 0.15) is 23.0 Å². The molecule has 0 saturated carbocycles. The molecule has 1 amide bonds. The number of Topliss-reactive ketones (excluding diaryl/α,β-unsaturated/α-hetero) is 1. The second-order valence-electron chi connectivity index (χ2n) is 6.85. The van der Waals surface area contributed by atoms with Crippen LogP contribution in [0, 0.1) is 0 Å². The van der Waals surface area contributed by atoms with Gasteiger partial charge in [-0.1, -0.05) is 23.1 Å². The zero-order valence-electron chi connectivity index (χ0n) is 18.0. The molecule has 170 valence electrons. The molecule has 0 aliphatic rings. The van der Waals surface area contributed by atoms with Gasteiger partial charge < -0.3 is 14.8 Å². The molecule has 33 heavy (non-hydrogen) atoms. The Labute approximate surface area is 203 Å². The summed E-state index contributed by atoms with van der Waals surface area (Å²) in [5, 5.41) is 5.22. The van der Waals surface area contributed by atoms with E-state index in [1.165, 1.54) is 34.4 Å². The average Bonchev–Trinajstić information content (AvgIpc) is 3.43. The maximum Gasteiger partial charge on any atom is 0.232 e. The maximum absolute atomic E-state index is 12.5. The van der Waals surface area contributed by atoms with Crippen LogP contribution in [0.15, 0.2) is 52.2 Å². The van der Waals surface area contributed by atoms with Crippen LogP contribution in [0.2, 0.25) is 0 Å². The molecule has 2 heterocycles. The van der Waals surface area contributed by atoms with E-state index in [-0.39, 0.29) is 23.9 Å². The van der Waals surface area contributed by atoms with Gasteiger partial charge in [0.05, 0.1) is 41.8 Å². The summed E-state index contributed by atoms with van der Waals surface area (Å²) in [6, 6.07) is 12.7. The van der Waals surface area contributed by atoms with Crippen molar-refractivity contribution in [3.63, 3.8) is 0 Å². The molecule has 0 unspecified atom stereocenters. The molecule has 0 aliphatic heterocycles. The molecule has 0 spiro atoms. The number of methoxy groups -OCH3 is 1. The summed E-state index contributed by atoms with van der Waals surface area (Å²) in [6.45, 7) is 2.53. The van der Waals surface area contributed by atoms with E-state index < -0.39 is 0 Å². The van der Waals surface area contributed by atoms with Crippen molar-refractivity contribution in [2.24, 2.45) is 0 Å². The molecule has 7 nitrogen and oxygen atoms in total. The summed E-state index contributed by atoms with van der Waals surface area (Å²) in [7, 11) is 1.59. The molecule has 10 heteroatoms. The Morgan fingerprint density at radius 3 is 2.64 bits per heavy atom.